The number of benzene rings is 6. The van der Waals surface area contributed by atoms with E-state index < -0.39 is 0 Å². The molecule has 6 aromatic carbocycles. The summed E-state index contributed by atoms with van der Waals surface area (Å²) in [6, 6.07) is 51.9. The Hall–Kier alpha value is -5.77. The number of rotatable bonds is 9. The molecule has 0 amide bonds. The molecule has 1 atom stereocenters. The zero-order valence-electron chi connectivity index (χ0n) is 40.2. The van der Waals surface area contributed by atoms with Gasteiger partial charge in [-0.25, -0.2) is 4.98 Å². The first-order valence-electron chi connectivity index (χ1n) is 23.4. The Morgan fingerprint density at radius 3 is 2.06 bits per heavy atom. The van der Waals surface area contributed by atoms with Crippen molar-refractivity contribution < 1.29 is 25.8 Å². The van der Waals surface area contributed by atoms with Crippen molar-refractivity contribution in [1.82, 2.24) is 9.55 Å². The summed E-state index contributed by atoms with van der Waals surface area (Å²) >= 11 is 0. The number of nitrogens with zero attached hydrogens (tertiary/aromatic N) is 4. The van der Waals surface area contributed by atoms with E-state index in [9.17, 15) is 0 Å². The summed E-state index contributed by atoms with van der Waals surface area (Å²) in [6.45, 7) is 25.7. The minimum absolute atomic E-state index is 0. The van der Waals surface area contributed by atoms with Crippen molar-refractivity contribution in [2.24, 2.45) is 4.99 Å². The van der Waals surface area contributed by atoms with E-state index in [1.54, 1.807) is 0 Å². The van der Waals surface area contributed by atoms with E-state index in [2.05, 4.69) is 219 Å². The van der Waals surface area contributed by atoms with Gasteiger partial charge in [0.25, 0.3) is 0 Å². The van der Waals surface area contributed by atoms with Gasteiger partial charge in [0.1, 0.15) is 5.82 Å². The molecule has 0 unspecified atom stereocenters. The minimum atomic E-state index is -0.239. The topological polar surface area (TPSA) is 42.6 Å². The average molecular weight is 1050 g/mol. The van der Waals surface area contributed by atoms with Gasteiger partial charge in [0, 0.05) is 52.3 Å². The van der Waals surface area contributed by atoms with Crippen LogP contribution in [0.5, 0.6) is 11.5 Å². The molecule has 4 heterocycles. The third-order valence-electron chi connectivity index (χ3n) is 14.0. The van der Waals surface area contributed by atoms with Crippen molar-refractivity contribution in [3.8, 4) is 17.3 Å². The minimum Gasteiger partial charge on any atom is -0.503 e. The van der Waals surface area contributed by atoms with Gasteiger partial charge in [0.2, 0.25) is 0 Å². The van der Waals surface area contributed by atoms with Crippen LogP contribution in [0, 0.1) is 26.0 Å². The van der Waals surface area contributed by atoms with E-state index in [-0.39, 0.29) is 49.8 Å². The van der Waals surface area contributed by atoms with E-state index in [1.807, 2.05) is 6.20 Å². The number of fused-ring (bicyclic) bond motifs is 5. The summed E-state index contributed by atoms with van der Waals surface area (Å²) in [5.74, 6) is 3.81. The number of para-hydroxylation sites is 1. The fraction of sp³-hybridized carbons (Fsp3) is 0.300. The summed E-state index contributed by atoms with van der Waals surface area (Å²) in [7, 11) is 0. The molecule has 66 heavy (non-hydrogen) atoms. The molecule has 6 heteroatoms. The van der Waals surface area contributed by atoms with Gasteiger partial charge >= 0.3 is 21.1 Å². The van der Waals surface area contributed by atoms with Gasteiger partial charge < -0.3 is 19.2 Å². The van der Waals surface area contributed by atoms with Gasteiger partial charge in [-0.2, -0.15) is 6.07 Å². The largest absolute Gasteiger partial charge is 2.00 e. The predicted molar refractivity (Wildman–Crippen MR) is 270 cm³/mol. The van der Waals surface area contributed by atoms with Crippen molar-refractivity contribution in [3.05, 3.63) is 195 Å². The molecule has 0 fully saturated rings. The van der Waals surface area contributed by atoms with Crippen molar-refractivity contribution >= 4 is 33.3 Å². The summed E-state index contributed by atoms with van der Waals surface area (Å²) in [5, 5.41) is 2.38. The van der Waals surface area contributed by atoms with Crippen LogP contribution in [0.1, 0.15) is 136 Å². The van der Waals surface area contributed by atoms with Crippen LogP contribution >= 0.6 is 0 Å². The van der Waals surface area contributed by atoms with Gasteiger partial charge in [-0.3, -0.25) is 0 Å². The fourth-order valence-corrected chi connectivity index (χ4v) is 10.4. The fourth-order valence-electron chi connectivity index (χ4n) is 10.4. The second kappa shape index (κ2) is 17.1. The normalized spacial score (nSPS) is 15.5. The Bertz CT molecular complexity index is 3110. The standard InChI is InChI=1S/C60H60N4O.Pt/c1-36(2)42-29-43(57-62-51(35-63(57)55-38(5)20-18-25-46(55)37(3)4)54(40-21-14-12-15-22-40)41-23-16-13-17-24-41)31-45(30-42)65-53-34-52-47(28-39(53)6)48-32-44(59(7,8)9)33-50-56(48)64(52)58-49(60(50,10)11)26-19-27-61-58;/h12-30,32-33,36-37,51,54H,35H2,1-11H3;/q-2;+2/t51-;/m0./s1. The van der Waals surface area contributed by atoms with Crippen LogP contribution in [0.4, 0.5) is 5.69 Å². The van der Waals surface area contributed by atoms with E-state index in [0.717, 1.165) is 40.2 Å². The second-order valence-corrected chi connectivity index (χ2v) is 20.6. The van der Waals surface area contributed by atoms with Crippen LogP contribution in [0.15, 0.2) is 133 Å². The molecule has 2 aromatic heterocycles. The van der Waals surface area contributed by atoms with Crippen molar-refractivity contribution in [2.75, 3.05) is 11.4 Å². The SMILES string of the molecule is Cc1cc2c3cc(C(C)(C)C)cc4c3n(c2[c-]c1Oc1[c-]c(C2=N[C@H](C(c3ccccc3)c3ccccc3)CN2c2c(C)cccc2C(C)C)cc(C(C)C)c1)-c1ncccc1C4(C)C.[Pt+2]. The molecule has 0 aliphatic carbocycles. The molecule has 2 aliphatic rings. The molecule has 5 nitrogen and oxygen atoms in total. The molecule has 336 valence electrons. The Morgan fingerprint density at radius 1 is 0.712 bits per heavy atom. The smallest absolute Gasteiger partial charge is 0.503 e. The van der Waals surface area contributed by atoms with Crippen LogP contribution in [0.2, 0.25) is 0 Å². The number of amidine groups is 1. The molecule has 0 radical (unpaired) electrons. The van der Waals surface area contributed by atoms with Crippen LogP contribution < -0.4 is 9.64 Å². The first-order chi connectivity index (χ1) is 31.1. The molecule has 0 spiro atoms. The summed E-state index contributed by atoms with van der Waals surface area (Å²) < 4.78 is 9.41. The maximum atomic E-state index is 7.08. The first kappa shape index (κ1) is 45.4. The molecular weight excluding hydrogens is 988 g/mol. The third-order valence-corrected chi connectivity index (χ3v) is 14.0. The quantitative estimate of drug-likeness (QED) is 0.135. The van der Waals surface area contributed by atoms with Gasteiger partial charge in [-0.15, -0.1) is 34.2 Å². The zero-order valence-corrected chi connectivity index (χ0v) is 42.4. The molecule has 2 aliphatic heterocycles. The van der Waals surface area contributed by atoms with E-state index >= 15 is 0 Å². The number of hydrogen-bond acceptors (Lipinski definition) is 4. The van der Waals surface area contributed by atoms with Crippen LogP contribution in [-0.4, -0.2) is 28.0 Å². The molecule has 0 saturated heterocycles. The summed E-state index contributed by atoms with van der Waals surface area (Å²) in [4.78, 5) is 13.3. The predicted octanol–water partition coefficient (Wildman–Crippen LogP) is 14.8. The number of pyridine rings is 1. The van der Waals surface area contributed by atoms with E-state index in [4.69, 9.17) is 14.7 Å². The Labute approximate surface area is 406 Å². The molecular formula is C60H60N4OPt. The van der Waals surface area contributed by atoms with Gasteiger partial charge in [0.15, 0.2) is 0 Å². The first-order valence-corrected chi connectivity index (χ1v) is 23.4. The molecule has 10 rings (SSSR count). The van der Waals surface area contributed by atoms with E-state index in [1.165, 1.54) is 61.1 Å². The molecule has 0 bridgehead atoms. The third kappa shape index (κ3) is 7.71. The average Bonchev–Trinajstić information content (AvgIpc) is 3.85. The Balaban J connectivity index is 0.00000548. The number of aryl methyl sites for hydroxylation is 2. The Kier molecular flexibility index (Phi) is 11.8. The Morgan fingerprint density at radius 2 is 1.41 bits per heavy atom. The van der Waals surface area contributed by atoms with Crippen molar-refractivity contribution in [2.45, 2.75) is 111 Å². The van der Waals surface area contributed by atoms with Crippen LogP contribution in [0.25, 0.3) is 27.6 Å². The van der Waals surface area contributed by atoms with E-state index in [0.29, 0.717) is 17.4 Å². The summed E-state index contributed by atoms with van der Waals surface area (Å²) in [6.07, 6.45) is 1.91. The van der Waals surface area contributed by atoms with Crippen molar-refractivity contribution in [1.29, 1.82) is 0 Å². The molecule has 8 aromatic rings. The van der Waals surface area contributed by atoms with Gasteiger partial charge in [0.05, 0.1) is 11.9 Å². The maximum Gasteiger partial charge on any atom is 2.00 e. The van der Waals surface area contributed by atoms with Crippen molar-refractivity contribution in [3.63, 3.8) is 0 Å². The number of ether oxygens (including phenoxy) is 1. The van der Waals surface area contributed by atoms with Gasteiger partial charge in [-0.05, 0) is 69.0 Å². The van der Waals surface area contributed by atoms with Gasteiger partial charge in [-0.1, -0.05) is 184 Å². The number of aliphatic imine (C=N–C) groups is 1. The molecule has 0 N–H and O–H groups in total. The second-order valence-electron chi connectivity index (χ2n) is 20.6. The van der Waals surface area contributed by atoms with Crippen LogP contribution in [0.3, 0.4) is 0 Å². The zero-order chi connectivity index (χ0) is 45.5. The number of aromatic nitrogens is 2. The summed E-state index contributed by atoms with van der Waals surface area (Å²) in [5.41, 5.74) is 15.1. The molecule has 0 saturated carbocycles. The van der Waals surface area contributed by atoms with Crippen LogP contribution in [-0.2, 0) is 31.9 Å². The monoisotopic (exact) mass is 1050 g/mol. The number of anilines is 1. The number of hydrogen-bond donors (Lipinski definition) is 0. The maximum absolute atomic E-state index is 7.08.